The van der Waals surface area contributed by atoms with Crippen LogP contribution in [0, 0.1) is 6.92 Å². The van der Waals surface area contributed by atoms with Gasteiger partial charge in [0.2, 0.25) is 0 Å². The van der Waals surface area contributed by atoms with E-state index in [4.69, 9.17) is 39.5 Å². The number of methoxy groups -OCH3 is 1. The van der Waals surface area contributed by atoms with Gasteiger partial charge in [0.25, 0.3) is 0 Å². The number of alkyl halides is 1. The summed E-state index contributed by atoms with van der Waals surface area (Å²) in [5, 5.41) is 0.776. The van der Waals surface area contributed by atoms with Crippen molar-refractivity contribution >= 4 is 50.7 Å². The van der Waals surface area contributed by atoms with Gasteiger partial charge in [-0.25, -0.2) is 0 Å². The van der Waals surface area contributed by atoms with Gasteiger partial charge < -0.3 is 4.74 Å². The molecule has 0 heterocycles. The second-order valence-electron chi connectivity index (χ2n) is 4.40. The highest BCUT2D eigenvalue weighted by molar-refractivity contribution is 9.10. The number of hydrogen-bond acceptors (Lipinski definition) is 1. The fourth-order valence-corrected chi connectivity index (χ4v) is 3.74. The van der Waals surface area contributed by atoms with Crippen molar-refractivity contribution in [3.05, 3.63) is 61.5 Å². The van der Waals surface area contributed by atoms with Gasteiger partial charge in [-0.05, 0) is 52.2 Å². The first-order valence-electron chi connectivity index (χ1n) is 5.87. The number of rotatable bonds is 3. The third-order valence-electron chi connectivity index (χ3n) is 2.94. The first-order valence-corrected chi connectivity index (χ1v) is 7.85. The Kier molecular flexibility index (Phi) is 5.25. The lowest BCUT2D eigenvalue weighted by Crippen LogP contribution is -1.99. The highest BCUT2D eigenvalue weighted by Crippen LogP contribution is 2.42. The van der Waals surface area contributed by atoms with Crippen molar-refractivity contribution in [3.63, 3.8) is 0 Å². The smallest absolute Gasteiger partial charge is 0.138 e. The Bertz CT molecular complexity index is 643. The van der Waals surface area contributed by atoms with Crippen LogP contribution in [-0.4, -0.2) is 7.11 Å². The van der Waals surface area contributed by atoms with Crippen molar-refractivity contribution in [2.75, 3.05) is 7.11 Å². The van der Waals surface area contributed by atoms with E-state index in [1.54, 1.807) is 19.2 Å². The van der Waals surface area contributed by atoms with E-state index in [-0.39, 0.29) is 0 Å². The summed E-state index contributed by atoms with van der Waals surface area (Å²) in [4.78, 5) is 0. The standard InChI is InChI=1S/C15H12BrCl3O/c1-8-3-4-10(13(18)5-8)14(19)11-6-9(17)7-12(16)15(11)20-2/h3-7,14H,1-2H3. The minimum Gasteiger partial charge on any atom is -0.495 e. The molecule has 1 unspecified atom stereocenters. The molecule has 0 saturated heterocycles. The van der Waals surface area contributed by atoms with Crippen LogP contribution >= 0.6 is 50.7 Å². The molecule has 0 radical (unpaired) electrons. The summed E-state index contributed by atoms with van der Waals surface area (Å²) in [5.74, 6) is 0.658. The summed E-state index contributed by atoms with van der Waals surface area (Å²) in [6, 6.07) is 9.34. The Hall–Kier alpha value is -0.410. The molecule has 0 N–H and O–H groups in total. The molecular weight excluding hydrogens is 382 g/mol. The molecule has 0 aliphatic carbocycles. The van der Waals surface area contributed by atoms with Gasteiger partial charge in [-0.3, -0.25) is 0 Å². The maximum atomic E-state index is 6.57. The maximum Gasteiger partial charge on any atom is 0.138 e. The SMILES string of the molecule is COc1c(Br)cc(Cl)cc1C(Cl)c1ccc(C)cc1Cl. The van der Waals surface area contributed by atoms with Crippen LogP contribution in [0.3, 0.4) is 0 Å². The van der Waals surface area contributed by atoms with E-state index in [0.29, 0.717) is 15.8 Å². The number of ether oxygens (including phenoxy) is 1. The summed E-state index contributed by atoms with van der Waals surface area (Å²) < 4.78 is 6.16. The van der Waals surface area contributed by atoms with Crippen molar-refractivity contribution in [2.24, 2.45) is 0 Å². The lowest BCUT2D eigenvalue weighted by molar-refractivity contribution is 0.407. The Morgan fingerprint density at radius 2 is 1.80 bits per heavy atom. The predicted molar refractivity (Wildman–Crippen MR) is 89.6 cm³/mol. The van der Waals surface area contributed by atoms with Gasteiger partial charge in [0, 0.05) is 15.6 Å². The molecule has 0 aliphatic heterocycles. The van der Waals surface area contributed by atoms with Gasteiger partial charge in [0.05, 0.1) is 17.0 Å². The van der Waals surface area contributed by atoms with Crippen LogP contribution in [0.2, 0.25) is 10.0 Å². The molecule has 0 amide bonds. The molecule has 5 heteroatoms. The average molecular weight is 395 g/mol. The minimum atomic E-state index is -0.437. The van der Waals surface area contributed by atoms with Gasteiger partial charge in [-0.2, -0.15) is 0 Å². The van der Waals surface area contributed by atoms with Crippen molar-refractivity contribution < 1.29 is 4.74 Å². The van der Waals surface area contributed by atoms with Crippen molar-refractivity contribution in [1.29, 1.82) is 0 Å². The van der Waals surface area contributed by atoms with Crippen molar-refractivity contribution in [3.8, 4) is 5.75 Å². The fourth-order valence-electron chi connectivity index (χ4n) is 1.99. The normalized spacial score (nSPS) is 12.3. The zero-order chi connectivity index (χ0) is 14.9. The molecule has 20 heavy (non-hydrogen) atoms. The summed E-state index contributed by atoms with van der Waals surface area (Å²) in [7, 11) is 1.60. The molecule has 106 valence electrons. The third kappa shape index (κ3) is 3.25. The van der Waals surface area contributed by atoms with E-state index in [1.807, 2.05) is 25.1 Å². The second-order valence-corrected chi connectivity index (χ2v) is 6.53. The topological polar surface area (TPSA) is 9.23 Å². The zero-order valence-corrected chi connectivity index (χ0v) is 14.7. The highest BCUT2D eigenvalue weighted by Gasteiger charge is 2.21. The molecule has 2 rings (SSSR count). The van der Waals surface area contributed by atoms with E-state index in [0.717, 1.165) is 21.2 Å². The van der Waals surface area contributed by atoms with Crippen LogP contribution in [0.5, 0.6) is 5.75 Å². The summed E-state index contributed by atoms with van der Waals surface area (Å²) in [6.07, 6.45) is 0. The number of halogens is 4. The van der Waals surface area contributed by atoms with Gasteiger partial charge in [-0.15, -0.1) is 11.6 Å². The number of hydrogen-bond donors (Lipinski definition) is 0. The van der Waals surface area contributed by atoms with Gasteiger partial charge >= 0.3 is 0 Å². The van der Waals surface area contributed by atoms with Crippen molar-refractivity contribution in [2.45, 2.75) is 12.3 Å². The average Bonchev–Trinajstić information content (AvgIpc) is 2.37. The molecular formula is C15H12BrCl3O. The Balaban J connectivity index is 2.55. The van der Waals surface area contributed by atoms with E-state index >= 15 is 0 Å². The number of benzene rings is 2. The third-order valence-corrected chi connectivity index (χ3v) is 4.55. The monoisotopic (exact) mass is 392 g/mol. The van der Waals surface area contributed by atoms with Gasteiger partial charge in [-0.1, -0.05) is 35.3 Å². The Morgan fingerprint density at radius 3 is 2.40 bits per heavy atom. The molecule has 0 fully saturated rings. The lowest BCUT2D eigenvalue weighted by Gasteiger charge is -2.17. The van der Waals surface area contributed by atoms with Gasteiger partial charge in [0.15, 0.2) is 0 Å². The zero-order valence-electron chi connectivity index (χ0n) is 10.9. The van der Waals surface area contributed by atoms with E-state index in [9.17, 15) is 0 Å². The molecule has 0 bridgehead atoms. The first-order chi connectivity index (χ1) is 9.43. The van der Waals surface area contributed by atoms with Crippen LogP contribution < -0.4 is 4.74 Å². The second kappa shape index (κ2) is 6.57. The molecule has 0 aromatic heterocycles. The van der Waals surface area contributed by atoms with Crippen LogP contribution in [0.25, 0.3) is 0 Å². The van der Waals surface area contributed by atoms with E-state index in [2.05, 4.69) is 15.9 Å². The lowest BCUT2D eigenvalue weighted by atomic mass is 10.0. The van der Waals surface area contributed by atoms with E-state index < -0.39 is 5.38 Å². The maximum absolute atomic E-state index is 6.57. The largest absolute Gasteiger partial charge is 0.495 e. The molecule has 0 aliphatic rings. The molecule has 0 saturated carbocycles. The van der Waals surface area contributed by atoms with Gasteiger partial charge in [0.1, 0.15) is 5.75 Å². The fraction of sp³-hybridized carbons (Fsp3) is 0.200. The molecule has 1 nitrogen and oxygen atoms in total. The molecule has 2 aromatic rings. The summed E-state index contributed by atoms with van der Waals surface area (Å²) >= 11 is 22.4. The van der Waals surface area contributed by atoms with Crippen LogP contribution in [-0.2, 0) is 0 Å². The van der Waals surface area contributed by atoms with Crippen molar-refractivity contribution in [1.82, 2.24) is 0 Å². The molecule has 0 spiro atoms. The molecule has 1 atom stereocenters. The molecule has 2 aromatic carbocycles. The van der Waals surface area contributed by atoms with Crippen LogP contribution in [0.1, 0.15) is 22.1 Å². The Morgan fingerprint density at radius 1 is 1.10 bits per heavy atom. The summed E-state index contributed by atoms with van der Waals surface area (Å²) in [6.45, 7) is 1.98. The minimum absolute atomic E-state index is 0.437. The number of aryl methyl sites for hydroxylation is 1. The first kappa shape index (κ1) is 16.0. The van der Waals surface area contributed by atoms with Crippen LogP contribution in [0.15, 0.2) is 34.8 Å². The predicted octanol–water partition coefficient (Wildman–Crippen LogP) is 6.40. The Labute approximate surface area is 141 Å². The quantitative estimate of drug-likeness (QED) is 0.547. The highest BCUT2D eigenvalue weighted by atomic mass is 79.9. The van der Waals surface area contributed by atoms with E-state index in [1.165, 1.54) is 0 Å². The summed E-state index contributed by atoms with van der Waals surface area (Å²) in [5.41, 5.74) is 2.69. The van der Waals surface area contributed by atoms with Crippen LogP contribution in [0.4, 0.5) is 0 Å².